The van der Waals surface area contributed by atoms with Crippen LogP contribution in [0.25, 0.3) is 0 Å². The Morgan fingerprint density at radius 3 is 2.41 bits per heavy atom. The molecule has 1 aliphatic rings. The van der Waals surface area contributed by atoms with Gasteiger partial charge in [-0.3, -0.25) is 0 Å². The van der Waals surface area contributed by atoms with Crippen molar-refractivity contribution in [3.8, 4) is 0 Å². The lowest BCUT2D eigenvalue weighted by atomic mass is 9.77. The van der Waals surface area contributed by atoms with Gasteiger partial charge in [-0.15, -0.1) is 12.4 Å². The summed E-state index contributed by atoms with van der Waals surface area (Å²) in [4.78, 5) is 0. The number of hydrogen-bond acceptors (Lipinski definition) is 1. The molecule has 0 aromatic heterocycles. The van der Waals surface area contributed by atoms with Gasteiger partial charge in [-0.05, 0) is 37.9 Å². The third-order valence-electron chi connectivity index (χ3n) is 3.83. The van der Waals surface area contributed by atoms with E-state index < -0.39 is 0 Å². The van der Waals surface area contributed by atoms with E-state index in [1.54, 1.807) is 0 Å². The summed E-state index contributed by atoms with van der Waals surface area (Å²) in [5.41, 5.74) is 1.56. The summed E-state index contributed by atoms with van der Waals surface area (Å²) in [5, 5.41) is 4.44. The second-order valence-electron chi connectivity index (χ2n) is 4.86. The number of hydrogen-bond donors (Lipinski definition) is 1. The monoisotopic (exact) mass is 273 g/mol. The van der Waals surface area contributed by atoms with Crippen molar-refractivity contribution < 1.29 is 0 Å². The maximum Gasteiger partial charge on any atom is 0.0438 e. The average Bonchev–Trinajstić information content (AvgIpc) is 2.33. The second-order valence-corrected chi connectivity index (χ2v) is 5.27. The van der Waals surface area contributed by atoms with E-state index in [0.717, 1.165) is 11.4 Å². The molecule has 0 bridgehead atoms. The van der Waals surface area contributed by atoms with E-state index in [4.69, 9.17) is 11.6 Å². The smallest absolute Gasteiger partial charge is 0.0438 e. The highest BCUT2D eigenvalue weighted by Crippen LogP contribution is 2.32. The summed E-state index contributed by atoms with van der Waals surface area (Å²) >= 11 is 6.23. The van der Waals surface area contributed by atoms with Gasteiger partial charge in [-0.1, -0.05) is 49.1 Å². The van der Waals surface area contributed by atoms with E-state index in [1.165, 1.54) is 37.7 Å². The molecule has 0 atom stereocenters. The van der Waals surface area contributed by atoms with E-state index in [0.29, 0.717) is 0 Å². The summed E-state index contributed by atoms with van der Waals surface area (Å²) in [6.45, 7) is 0. The Balaban J connectivity index is 0.00000144. The first-order valence-corrected chi connectivity index (χ1v) is 6.56. The molecule has 0 radical (unpaired) electrons. The van der Waals surface area contributed by atoms with Gasteiger partial charge in [-0.25, -0.2) is 0 Å². The highest BCUT2D eigenvalue weighted by Gasteiger charge is 2.30. The zero-order valence-electron chi connectivity index (χ0n) is 10.3. The van der Waals surface area contributed by atoms with Crippen LogP contribution in [0.1, 0.15) is 37.7 Å². The van der Waals surface area contributed by atoms with E-state index in [9.17, 15) is 0 Å². The van der Waals surface area contributed by atoms with Gasteiger partial charge >= 0.3 is 0 Å². The normalized spacial score (nSPS) is 18.5. The van der Waals surface area contributed by atoms with Crippen molar-refractivity contribution in [1.29, 1.82) is 0 Å². The first-order chi connectivity index (χ1) is 7.76. The minimum Gasteiger partial charge on any atom is -0.314 e. The molecule has 0 spiro atoms. The van der Waals surface area contributed by atoms with E-state index in [-0.39, 0.29) is 17.9 Å². The van der Waals surface area contributed by atoms with Gasteiger partial charge in [0.05, 0.1) is 0 Å². The summed E-state index contributed by atoms with van der Waals surface area (Å²) in [6.07, 6.45) is 7.66. The molecule has 0 heterocycles. The lowest BCUT2D eigenvalue weighted by Gasteiger charge is -2.37. The molecule has 1 N–H and O–H groups in total. The topological polar surface area (TPSA) is 12.0 Å². The van der Waals surface area contributed by atoms with Crippen molar-refractivity contribution in [2.24, 2.45) is 0 Å². The van der Waals surface area contributed by atoms with E-state index >= 15 is 0 Å². The molecule has 1 aliphatic carbocycles. The fraction of sp³-hybridized carbons (Fsp3) is 0.571. The maximum absolute atomic E-state index is 6.23. The first kappa shape index (κ1) is 14.8. The summed E-state index contributed by atoms with van der Waals surface area (Å²) < 4.78 is 0. The fourth-order valence-corrected chi connectivity index (χ4v) is 2.95. The Bertz CT molecular complexity index is 346. The van der Waals surface area contributed by atoms with Gasteiger partial charge in [0.2, 0.25) is 0 Å². The molecule has 2 rings (SSSR count). The second kappa shape index (κ2) is 6.63. The molecule has 1 fully saturated rings. The lowest BCUT2D eigenvalue weighted by molar-refractivity contribution is 0.245. The van der Waals surface area contributed by atoms with Crippen LogP contribution in [0.15, 0.2) is 24.3 Å². The number of benzene rings is 1. The summed E-state index contributed by atoms with van der Waals surface area (Å²) in [7, 11) is 2.09. The summed E-state index contributed by atoms with van der Waals surface area (Å²) in [5.74, 6) is 0. The molecular weight excluding hydrogens is 253 g/mol. The molecule has 17 heavy (non-hydrogen) atoms. The van der Waals surface area contributed by atoms with Crippen molar-refractivity contribution >= 4 is 24.0 Å². The molecule has 1 aromatic carbocycles. The van der Waals surface area contributed by atoms with Crippen molar-refractivity contribution in [1.82, 2.24) is 5.32 Å². The van der Waals surface area contributed by atoms with Gasteiger partial charge in [0.25, 0.3) is 0 Å². The average molecular weight is 274 g/mol. The van der Waals surface area contributed by atoms with Crippen molar-refractivity contribution in [2.75, 3.05) is 7.05 Å². The lowest BCUT2D eigenvalue weighted by Crippen LogP contribution is -2.46. The van der Waals surface area contributed by atoms with Crippen LogP contribution >= 0.6 is 24.0 Å². The van der Waals surface area contributed by atoms with Gasteiger partial charge in [-0.2, -0.15) is 0 Å². The number of likely N-dealkylation sites (N-methyl/N-ethyl adjacent to an activating group) is 1. The van der Waals surface area contributed by atoms with Crippen LogP contribution in [0.2, 0.25) is 5.02 Å². The molecule has 96 valence electrons. The fourth-order valence-electron chi connectivity index (χ4n) is 2.75. The van der Waals surface area contributed by atoms with Crippen LogP contribution in [0.3, 0.4) is 0 Å². The third-order valence-corrected chi connectivity index (χ3v) is 4.20. The van der Waals surface area contributed by atoms with Crippen LogP contribution < -0.4 is 5.32 Å². The van der Waals surface area contributed by atoms with Crippen LogP contribution in [0.5, 0.6) is 0 Å². The zero-order chi connectivity index (χ0) is 11.4. The molecule has 1 nitrogen and oxygen atoms in total. The van der Waals surface area contributed by atoms with Crippen molar-refractivity contribution in [3.05, 3.63) is 34.9 Å². The largest absolute Gasteiger partial charge is 0.314 e. The molecule has 0 amide bonds. The van der Waals surface area contributed by atoms with Crippen LogP contribution in [-0.4, -0.2) is 12.6 Å². The Morgan fingerprint density at radius 1 is 1.18 bits per heavy atom. The first-order valence-electron chi connectivity index (χ1n) is 6.18. The Labute approximate surface area is 115 Å². The minimum absolute atomic E-state index is 0. The Morgan fingerprint density at radius 2 is 1.82 bits per heavy atom. The van der Waals surface area contributed by atoms with Crippen molar-refractivity contribution in [3.63, 3.8) is 0 Å². The molecule has 1 saturated carbocycles. The molecule has 0 saturated heterocycles. The third kappa shape index (κ3) is 3.61. The zero-order valence-corrected chi connectivity index (χ0v) is 11.9. The molecule has 1 aromatic rings. The maximum atomic E-state index is 6.23. The Hall–Kier alpha value is -0.240. The van der Waals surface area contributed by atoms with E-state index in [1.807, 2.05) is 12.1 Å². The molecule has 3 heteroatoms. The van der Waals surface area contributed by atoms with Gasteiger partial charge in [0, 0.05) is 10.6 Å². The summed E-state index contributed by atoms with van der Waals surface area (Å²) in [6, 6.07) is 8.21. The van der Waals surface area contributed by atoms with Gasteiger partial charge in [0.15, 0.2) is 0 Å². The standard InChI is InChI=1S/C14H20ClN.ClH/c1-16-14(9-5-2-6-10-14)11-12-7-3-4-8-13(12)15;/h3-4,7-8,16H,2,5-6,9-11H2,1H3;1H. The quantitative estimate of drug-likeness (QED) is 0.869. The highest BCUT2D eigenvalue weighted by molar-refractivity contribution is 6.31. The number of halogens is 2. The molecular formula is C14H21Cl2N. The van der Waals surface area contributed by atoms with Crippen molar-refractivity contribution in [2.45, 2.75) is 44.1 Å². The van der Waals surface area contributed by atoms with Crippen LogP contribution in [0, 0.1) is 0 Å². The predicted molar refractivity (Wildman–Crippen MR) is 77.3 cm³/mol. The van der Waals surface area contributed by atoms with Gasteiger partial charge in [0.1, 0.15) is 0 Å². The number of rotatable bonds is 3. The predicted octanol–water partition coefficient (Wildman–Crippen LogP) is 4.23. The SMILES string of the molecule is CNC1(Cc2ccccc2Cl)CCCCC1.Cl. The highest BCUT2D eigenvalue weighted by atomic mass is 35.5. The number of nitrogens with one attached hydrogen (secondary N) is 1. The Kier molecular flexibility index (Phi) is 5.78. The molecule has 0 unspecified atom stereocenters. The molecule has 0 aliphatic heterocycles. The van der Waals surface area contributed by atoms with Crippen LogP contribution in [-0.2, 0) is 6.42 Å². The van der Waals surface area contributed by atoms with Gasteiger partial charge < -0.3 is 5.32 Å². The van der Waals surface area contributed by atoms with E-state index in [2.05, 4.69) is 24.5 Å². The minimum atomic E-state index is 0. The van der Waals surface area contributed by atoms with Crippen LogP contribution in [0.4, 0.5) is 0 Å².